The number of aryl methyl sites for hydroxylation is 2. The molecule has 0 saturated heterocycles. The van der Waals surface area contributed by atoms with E-state index < -0.39 is 0 Å². The van der Waals surface area contributed by atoms with Gasteiger partial charge in [0.15, 0.2) is 5.16 Å². The van der Waals surface area contributed by atoms with Gasteiger partial charge >= 0.3 is 0 Å². The molecule has 0 saturated carbocycles. The molecule has 0 radical (unpaired) electrons. The fourth-order valence-corrected chi connectivity index (χ4v) is 4.20. The lowest BCUT2D eigenvalue weighted by molar-refractivity contribution is -0.118. The molecule has 1 amide bonds. The zero-order valence-corrected chi connectivity index (χ0v) is 17.7. The van der Waals surface area contributed by atoms with E-state index in [1.165, 1.54) is 27.8 Å². The highest BCUT2D eigenvalue weighted by Gasteiger charge is 2.10. The molecule has 3 aromatic rings. The standard InChI is InChI=1S/C21H24N4OS2/c1-16-9-10-18(13-17(16)2)25-15-23-24-21(25)28-14-20(26)22-11-6-12-27-19-7-4-3-5-8-19/h3-5,7-10,13,15H,6,11-12,14H2,1-2H3,(H,22,26). The van der Waals surface area contributed by atoms with Crippen molar-refractivity contribution in [2.24, 2.45) is 0 Å². The molecule has 1 aromatic heterocycles. The lowest BCUT2D eigenvalue weighted by Crippen LogP contribution is -2.26. The van der Waals surface area contributed by atoms with Crippen LogP contribution in [0.15, 0.2) is 64.9 Å². The van der Waals surface area contributed by atoms with Crippen molar-refractivity contribution in [3.63, 3.8) is 0 Å². The highest BCUT2D eigenvalue weighted by molar-refractivity contribution is 7.99. The fourth-order valence-electron chi connectivity index (χ4n) is 2.56. The number of hydrogen-bond donors (Lipinski definition) is 1. The van der Waals surface area contributed by atoms with Crippen molar-refractivity contribution < 1.29 is 4.79 Å². The van der Waals surface area contributed by atoms with Crippen LogP contribution in [0.4, 0.5) is 0 Å². The summed E-state index contributed by atoms with van der Waals surface area (Å²) in [5, 5.41) is 11.9. The molecule has 0 aliphatic heterocycles. The number of thioether (sulfide) groups is 2. The van der Waals surface area contributed by atoms with Crippen LogP contribution in [-0.4, -0.2) is 38.7 Å². The summed E-state index contributed by atoms with van der Waals surface area (Å²) in [6.45, 7) is 4.85. The number of hydrogen-bond acceptors (Lipinski definition) is 5. The second kappa shape index (κ2) is 10.3. The van der Waals surface area contributed by atoms with Gasteiger partial charge in [-0.05, 0) is 61.4 Å². The molecule has 2 aromatic carbocycles. The van der Waals surface area contributed by atoms with Crippen molar-refractivity contribution in [3.8, 4) is 5.69 Å². The highest BCUT2D eigenvalue weighted by Crippen LogP contribution is 2.21. The molecule has 0 spiro atoms. The number of rotatable bonds is 9. The van der Waals surface area contributed by atoms with Gasteiger partial charge in [-0.2, -0.15) is 0 Å². The first-order valence-corrected chi connectivity index (χ1v) is 11.2. The first-order chi connectivity index (χ1) is 13.6. The van der Waals surface area contributed by atoms with Crippen molar-refractivity contribution in [1.29, 1.82) is 0 Å². The van der Waals surface area contributed by atoms with Crippen LogP contribution in [-0.2, 0) is 4.79 Å². The number of aromatic nitrogens is 3. The Morgan fingerprint density at radius 2 is 1.89 bits per heavy atom. The molecule has 7 heteroatoms. The van der Waals surface area contributed by atoms with Gasteiger partial charge < -0.3 is 5.32 Å². The minimum absolute atomic E-state index is 0.0179. The molecule has 0 bridgehead atoms. The smallest absolute Gasteiger partial charge is 0.230 e. The van der Waals surface area contributed by atoms with Gasteiger partial charge in [0.1, 0.15) is 6.33 Å². The Bertz CT molecular complexity index is 912. The quantitative estimate of drug-likeness (QED) is 0.420. The molecule has 3 rings (SSSR count). The SMILES string of the molecule is Cc1ccc(-n2cnnc2SCC(=O)NCCCSc2ccccc2)cc1C. The lowest BCUT2D eigenvalue weighted by Gasteiger charge is -2.09. The summed E-state index contributed by atoms with van der Waals surface area (Å²) in [5.41, 5.74) is 3.47. The predicted molar refractivity (Wildman–Crippen MR) is 116 cm³/mol. The first kappa shape index (κ1) is 20.5. The zero-order chi connectivity index (χ0) is 19.8. The summed E-state index contributed by atoms with van der Waals surface area (Å²) in [6, 6.07) is 16.5. The van der Waals surface area contributed by atoms with Gasteiger partial charge in [0.2, 0.25) is 5.91 Å². The summed E-state index contributed by atoms with van der Waals surface area (Å²) < 4.78 is 1.92. The molecule has 0 atom stereocenters. The van der Waals surface area contributed by atoms with E-state index >= 15 is 0 Å². The zero-order valence-electron chi connectivity index (χ0n) is 16.1. The van der Waals surface area contributed by atoms with Crippen LogP contribution in [0.2, 0.25) is 0 Å². The Morgan fingerprint density at radius 3 is 2.68 bits per heavy atom. The average molecular weight is 413 g/mol. The molecule has 1 heterocycles. The molecule has 0 aliphatic carbocycles. The summed E-state index contributed by atoms with van der Waals surface area (Å²) in [6.07, 6.45) is 2.62. The highest BCUT2D eigenvalue weighted by atomic mass is 32.2. The van der Waals surface area contributed by atoms with E-state index in [9.17, 15) is 4.79 Å². The van der Waals surface area contributed by atoms with Crippen LogP contribution in [0, 0.1) is 13.8 Å². The van der Waals surface area contributed by atoms with Gasteiger partial charge in [-0.15, -0.1) is 22.0 Å². The molecule has 0 aliphatic rings. The topological polar surface area (TPSA) is 59.8 Å². The molecular formula is C21H24N4OS2. The maximum atomic E-state index is 12.1. The van der Waals surface area contributed by atoms with Crippen molar-refractivity contribution >= 4 is 29.4 Å². The van der Waals surface area contributed by atoms with Crippen LogP contribution < -0.4 is 5.32 Å². The largest absolute Gasteiger partial charge is 0.355 e. The van der Waals surface area contributed by atoms with Gasteiger partial charge in [-0.1, -0.05) is 36.0 Å². The molecule has 0 unspecified atom stereocenters. The van der Waals surface area contributed by atoms with E-state index in [1.807, 2.05) is 40.6 Å². The second-order valence-electron chi connectivity index (χ2n) is 6.41. The number of benzene rings is 2. The van der Waals surface area contributed by atoms with Crippen LogP contribution in [0.1, 0.15) is 17.5 Å². The van der Waals surface area contributed by atoms with Crippen molar-refractivity contribution in [2.75, 3.05) is 18.1 Å². The van der Waals surface area contributed by atoms with Gasteiger partial charge in [-0.25, -0.2) is 0 Å². The van der Waals surface area contributed by atoms with E-state index in [4.69, 9.17) is 0 Å². The van der Waals surface area contributed by atoms with E-state index in [2.05, 4.69) is 53.6 Å². The maximum Gasteiger partial charge on any atom is 0.230 e. The normalized spacial score (nSPS) is 10.8. The minimum atomic E-state index is 0.0179. The third-order valence-corrected chi connectivity index (χ3v) is 6.31. The van der Waals surface area contributed by atoms with Crippen LogP contribution in [0.3, 0.4) is 0 Å². The monoisotopic (exact) mass is 412 g/mol. The third-order valence-electron chi connectivity index (χ3n) is 4.27. The molecule has 1 N–H and O–H groups in total. The summed E-state index contributed by atoms with van der Waals surface area (Å²) in [7, 11) is 0. The molecular weight excluding hydrogens is 388 g/mol. The van der Waals surface area contributed by atoms with Crippen LogP contribution in [0.25, 0.3) is 5.69 Å². The molecule has 28 heavy (non-hydrogen) atoms. The van der Waals surface area contributed by atoms with Gasteiger partial charge in [-0.3, -0.25) is 9.36 Å². The number of nitrogens with zero attached hydrogens (tertiary/aromatic N) is 3. The predicted octanol–water partition coefficient (Wildman–Crippen LogP) is 4.27. The molecule has 5 nitrogen and oxygen atoms in total. The first-order valence-electron chi connectivity index (χ1n) is 9.18. The van der Waals surface area contributed by atoms with Gasteiger partial charge in [0, 0.05) is 17.1 Å². The van der Waals surface area contributed by atoms with E-state index in [0.29, 0.717) is 12.3 Å². The third kappa shape index (κ3) is 5.87. The van der Waals surface area contributed by atoms with Gasteiger partial charge in [0.05, 0.1) is 5.75 Å². The fraction of sp³-hybridized carbons (Fsp3) is 0.286. The Balaban J connectivity index is 1.41. The van der Waals surface area contributed by atoms with Gasteiger partial charge in [0.25, 0.3) is 0 Å². The number of carbonyl (C=O) groups is 1. The number of nitrogens with one attached hydrogen (secondary N) is 1. The number of carbonyl (C=O) groups excluding carboxylic acids is 1. The summed E-state index contributed by atoms with van der Waals surface area (Å²) in [5.74, 6) is 1.33. The lowest BCUT2D eigenvalue weighted by atomic mass is 10.1. The van der Waals surface area contributed by atoms with E-state index in [-0.39, 0.29) is 5.91 Å². The minimum Gasteiger partial charge on any atom is -0.355 e. The Hall–Kier alpha value is -2.25. The van der Waals surface area contributed by atoms with Crippen LogP contribution >= 0.6 is 23.5 Å². The van der Waals surface area contributed by atoms with Crippen LogP contribution in [0.5, 0.6) is 0 Å². The Labute approximate surface area is 174 Å². The Morgan fingerprint density at radius 1 is 1.07 bits per heavy atom. The summed E-state index contributed by atoms with van der Waals surface area (Å²) >= 11 is 3.21. The van der Waals surface area contributed by atoms with E-state index in [1.54, 1.807) is 6.33 Å². The molecule has 146 valence electrons. The van der Waals surface area contributed by atoms with Crippen molar-refractivity contribution in [3.05, 3.63) is 66.0 Å². The Kier molecular flexibility index (Phi) is 7.56. The second-order valence-corrected chi connectivity index (χ2v) is 8.52. The van der Waals surface area contributed by atoms with Crippen molar-refractivity contribution in [1.82, 2.24) is 20.1 Å². The maximum absolute atomic E-state index is 12.1. The molecule has 0 fully saturated rings. The van der Waals surface area contributed by atoms with E-state index in [0.717, 1.165) is 23.0 Å². The average Bonchev–Trinajstić information content (AvgIpc) is 3.18. The number of amides is 1. The summed E-state index contributed by atoms with van der Waals surface area (Å²) in [4.78, 5) is 13.4. The van der Waals surface area contributed by atoms with Crippen molar-refractivity contribution in [2.45, 2.75) is 30.3 Å².